The average Bonchev–Trinajstić information content (AvgIpc) is 2.29. The van der Waals surface area contributed by atoms with E-state index >= 15 is 0 Å². The van der Waals surface area contributed by atoms with Crippen LogP contribution in [-0.4, -0.2) is 31.1 Å². The van der Waals surface area contributed by atoms with Gasteiger partial charge >= 0.3 is 5.97 Å². The molecule has 4 nitrogen and oxygen atoms in total. The molecule has 1 aliphatic heterocycles. The monoisotopic (exact) mass is 238 g/mol. The molecule has 94 valence electrons. The van der Waals surface area contributed by atoms with Gasteiger partial charge in [0.05, 0.1) is 6.61 Å². The molecule has 17 heavy (non-hydrogen) atoms. The Kier molecular flexibility index (Phi) is 5.12. The van der Waals surface area contributed by atoms with Gasteiger partial charge in [-0.1, -0.05) is 31.4 Å². The molecule has 0 aromatic carbocycles. The van der Waals surface area contributed by atoms with Crippen molar-refractivity contribution in [3.63, 3.8) is 0 Å². The van der Waals surface area contributed by atoms with Crippen LogP contribution in [0.1, 0.15) is 13.8 Å². The van der Waals surface area contributed by atoms with Crippen LogP contribution in [0.2, 0.25) is 0 Å². The summed E-state index contributed by atoms with van der Waals surface area (Å²) in [4.78, 5) is 11.4. The van der Waals surface area contributed by atoms with Crippen molar-refractivity contribution in [3.05, 3.63) is 37.0 Å². The molecule has 0 radical (unpaired) electrons. The lowest BCUT2D eigenvalue weighted by Crippen LogP contribution is -2.44. The van der Waals surface area contributed by atoms with E-state index in [0.29, 0.717) is 12.2 Å². The van der Waals surface area contributed by atoms with Crippen LogP contribution >= 0.6 is 0 Å². The maximum absolute atomic E-state index is 11.4. The predicted molar refractivity (Wildman–Crippen MR) is 64.3 cm³/mol. The summed E-state index contributed by atoms with van der Waals surface area (Å²) in [6.07, 6.45) is 4.11. The van der Waals surface area contributed by atoms with Crippen LogP contribution in [0.3, 0.4) is 0 Å². The van der Waals surface area contributed by atoms with Gasteiger partial charge in [-0.15, -0.1) is 0 Å². The minimum Gasteiger partial charge on any atom is -0.453 e. The number of hydrogen-bond acceptors (Lipinski definition) is 4. The first-order valence-electron chi connectivity index (χ1n) is 5.47. The Balaban J connectivity index is 2.66. The molecule has 3 atom stereocenters. The summed E-state index contributed by atoms with van der Waals surface area (Å²) in [5.74, 6) is -0.436. The summed E-state index contributed by atoms with van der Waals surface area (Å²) in [6.45, 7) is 10.8. The highest BCUT2D eigenvalue weighted by Crippen LogP contribution is 2.18. The van der Waals surface area contributed by atoms with E-state index in [-0.39, 0.29) is 12.4 Å². The first-order chi connectivity index (χ1) is 8.04. The average molecular weight is 238 g/mol. The van der Waals surface area contributed by atoms with Crippen LogP contribution in [0.15, 0.2) is 37.0 Å². The van der Waals surface area contributed by atoms with Crippen molar-refractivity contribution in [1.29, 1.82) is 0 Å². The second-order valence-electron chi connectivity index (χ2n) is 3.85. The van der Waals surface area contributed by atoms with Crippen LogP contribution in [0, 0.1) is 0 Å². The smallest absolute Gasteiger partial charge is 0.333 e. The van der Waals surface area contributed by atoms with Gasteiger partial charge in [0.15, 0.2) is 12.4 Å². The van der Waals surface area contributed by atoms with Crippen molar-refractivity contribution in [2.75, 3.05) is 6.61 Å². The van der Waals surface area contributed by atoms with Crippen LogP contribution in [-0.2, 0) is 19.0 Å². The van der Waals surface area contributed by atoms with E-state index in [0.717, 1.165) is 0 Å². The molecule has 0 aliphatic carbocycles. The van der Waals surface area contributed by atoms with Gasteiger partial charge in [-0.2, -0.15) is 0 Å². The third-order valence-electron chi connectivity index (χ3n) is 2.25. The molecule has 0 N–H and O–H groups in total. The summed E-state index contributed by atoms with van der Waals surface area (Å²) < 4.78 is 16.0. The van der Waals surface area contributed by atoms with Gasteiger partial charge in [0.1, 0.15) is 6.10 Å². The fraction of sp³-hybridized carbons (Fsp3) is 0.462. The molecular weight excluding hydrogens is 220 g/mol. The number of esters is 1. The van der Waals surface area contributed by atoms with Gasteiger partial charge in [0.25, 0.3) is 0 Å². The van der Waals surface area contributed by atoms with Gasteiger partial charge in [-0.05, 0) is 13.8 Å². The van der Waals surface area contributed by atoms with Crippen molar-refractivity contribution in [2.45, 2.75) is 32.3 Å². The highest BCUT2D eigenvalue weighted by Gasteiger charge is 2.31. The first kappa shape index (κ1) is 13.7. The quantitative estimate of drug-likeness (QED) is 0.427. The molecule has 1 fully saturated rings. The Bertz CT molecular complexity index is 332. The summed E-state index contributed by atoms with van der Waals surface area (Å²) in [7, 11) is 0. The van der Waals surface area contributed by atoms with Crippen molar-refractivity contribution in [3.8, 4) is 0 Å². The molecule has 4 heteroatoms. The first-order valence-corrected chi connectivity index (χ1v) is 5.47. The highest BCUT2D eigenvalue weighted by molar-refractivity contribution is 5.87. The molecule has 0 aromatic heterocycles. The SMILES string of the molecule is C=C/C=C/[C@@H]1O[C@H](C)OC[C@H]1OC(=O)C(=C)C. The minimum absolute atomic E-state index is 0.311. The Hall–Kier alpha value is -1.39. The van der Waals surface area contributed by atoms with Crippen molar-refractivity contribution in [2.24, 2.45) is 0 Å². The molecule has 0 aromatic rings. The Labute approximate surface area is 102 Å². The van der Waals surface area contributed by atoms with E-state index < -0.39 is 12.1 Å². The summed E-state index contributed by atoms with van der Waals surface area (Å²) in [5.41, 5.74) is 0.357. The number of hydrogen-bond donors (Lipinski definition) is 0. The van der Waals surface area contributed by atoms with E-state index in [2.05, 4.69) is 13.2 Å². The van der Waals surface area contributed by atoms with Gasteiger partial charge in [0, 0.05) is 5.57 Å². The fourth-order valence-electron chi connectivity index (χ4n) is 1.37. The normalized spacial score (nSPS) is 28.9. The Morgan fingerprint density at radius 2 is 2.24 bits per heavy atom. The van der Waals surface area contributed by atoms with Gasteiger partial charge in [-0.3, -0.25) is 0 Å². The third-order valence-corrected chi connectivity index (χ3v) is 2.25. The third kappa shape index (κ3) is 4.17. The number of carbonyl (C=O) groups excluding carboxylic acids is 1. The standard InChI is InChI=1S/C13H18O4/c1-5-6-7-11-12(8-15-10(4)16-11)17-13(14)9(2)3/h5-7,10-12H,1-2,8H2,3-4H3/b7-6+/t10-,11+,12-/m1/s1. The lowest BCUT2D eigenvalue weighted by atomic mass is 10.1. The van der Waals surface area contributed by atoms with E-state index in [9.17, 15) is 4.79 Å². The van der Waals surface area contributed by atoms with Crippen LogP contribution in [0.5, 0.6) is 0 Å². The molecule has 1 heterocycles. The zero-order valence-electron chi connectivity index (χ0n) is 10.2. The summed E-state index contributed by atoms with van der Waals surface area (Å²) in [5, 5.41) is 0. The maximum atomic E-state index is 11.4. The van der Waals surface area contributed by atoms with Crippen molar-refractivity contribution < 1.29 is 19.0 Å². The largest absolute Gasteiger partial charge is 0.453 e. The van der Waals surface area contributed by atoms with E-state index in [1.54, 1.807) is 32.1 Å². The molecule has 1 saturated heterocycles. The summed E-state index contributed by atoms with van der Waals surface area (Å²) >= 11 is 0. The van der Waals surface area contributed by atoms with Crippen molar-refractivity contribution in [1.82, 2.24) is 0 Å². The Morgan fingerprint density at radius 1 is 1.53 bits per heavy atom. The van der Waals surface area contributed by atoms with Gasteiger partial charge in [-0.25, -0.2) is 4.79 Å². The van der Waals surface area contributed by atoms with Crippen LogP contribution < -0.4 is 0 Å². The maximum Gasteiger partial charge on any atom is 0.333 e. The number of rotatable bonds is 4. The molecular formula is C13H18O4. The fourth-order valence-corrected chi connectivity index (χ4v) is 1.37. The molecule has 1 rings (SSSR count). The lowest BCUT2D eigenvalue weighted by molar-refractivity contribution is -0.237. The van der Waals surface area contributed by atoms with E-state index in [4.69, 9.17) is 14.2 Å². The summed E-state index contributed by atoms with van der Waals surface area (Å²) in [6, 6.07) is 0. The highest BCUT2D eigenvalue weighted by atomic mass is 16.7. The zero-order valence-corrected chi connectivity index (χ0v) is 10.2. The second kappa shape index (κ2) is 6.37. The number of carbonyl (C=O) groups is 1. The topological polar surface area (TPSA) is 44.8 Å². The number of allylic oxidation sites excluding steroid dienone is 2. The Morgan fingerprint density at radius 3 is 2.82 bits per heavy atom. The molecule has 0 saturated carbocycles. The van der Waals surface area contributed by atoms with Crippen LogP contribution in [0.25, 0.3) is 0 Å². The van der Waals surface area contributed by atoms with E-state index in [1.807, 2.05) is 0 Å². The number of ether oxygens (including phenoxy) is 3. The van der Waals surface area contributed by atoms with Gasteiger partial charge in [0.2, 0.25) is 0 Å². The van der Waals surface area contributed by atoms with E-state index in [1.165, 1.54) is 0 Å². The molecule has 1 aliphatic rings. The predicted octanol–water partition coefficient (Wildman–Crippen LogP) is 1.98. The minimum atomic E-state index is -0.452. The molecule has 0 bridgehead atoms. The lowest BCUT2D eigenvalue weighted by Gasteiger charge is -2.33. The molecule has 0 amide bonds. The second-order valence-corrected chi connectivity index (χ2v) is 3.85. The molecule has 0 spiro atoms. The molecule has 0 unspecified atom stereocenters. The van der Waals surface area contributed by atoms with Crippen LogP contribution in [0.4, 0.5) is 0 Å². The zero-order chi connectivity index (χ0) is 12.8. The van der Waals surface area contributed by atoms with Crippen molar-refractivity contribution >= 4 is 5.97 Å². The van der Waals surface area contributed by atoms with Gasteiger partial charge < -0.3 is 14.2 Å².